The molecule has 0 saturated heterocycles. The van der Waals surface area contributed by atoms with Crippen LogP contribution in [0.5, 0.6) is 5.75 Å². The third kappa shape index (κ3) is 6.33. The summed E-state index contributed by atoms with van der Waals surface area (Å²) in [7, 11) is 0. The van der Waals surface area contributed by atoms with Gasteiger partial charge in [-0.25, -0.2) is 17.6 Å². The van der Waals surface area contributed by atoms with Crippen LogP contribution in [0.15, 0.2) is 72.8 Å². The molecule has 0 unspecified atom stereocenters. The van der Waals surface area contributed by atoms with Crippen LogP contribution in [-0.4, -0.2) is 5.97 Å². The van der Waals surface area contributed by atoms with Crippen LogP contribution in [0.25, 0.3) is 22.3 Å². The highest BCUT2D eigenvalue weighted by molar-refractivity contribution is 5.76. The second-order valence-electron chi connectivity index (χ2n) is 10.6. The van der Waals surface area contributed by atoms with Crippen LogP contribution in [0, 0.1) is 40.5 Å². The number of hydrogen-bond acceptors (Lipinski definition) is 3. The molecule has 0 bridgehead atoms. The Balaban J connectivity index is 1.24. The van der Waals surface area contributed by atoms with E-state index in [1.165, 1.54) is 49.4 Å². The quantitative estimate of drug-likeness (QED) is 0.135. The number of hydrogen-bond donors (Lipinski definition) is 0. The van der Waals surface area contributed by atoms with Crippen LogP contribution in [0.2, 0.25) is 0 Å². The van der Waals surface area contributed by atoms with Gasteiger partial charge in [0.2, 0.25) is 0 Å². The summed E-state index contributed by atoms with van der Waals surface area (Å²) in [5.41, 5.74) is 0.996. The van der Waals surface area contributed by atoms with Crippen LogP contribution in [0.3, 0.4) is 0 Å². The Hall–Kier alpha value is -4.44. The van der Waals surface area contributed by atoms with Crippen LogP contribution in [0.1, 0.15) is 55.2 Å². The Kier molecular flexibility index (Phi) is 8.21. The van der Waals surface area contributed by atoms with E-state index in [2.05, 4.69) is 19.1 Å². The highest BCUT2D eigenvalue weighted by atomic mass is 19.1. The first kappa shape index (κ1) is 28.1. The maximum atomic E-state index is 14.9. The van der Waals surface area contributed by atoms with Gasteiger partial charge >= 0.3 is 5.97 Å². The zero-order chi connectivity index (χ0) is 29.1. The molecule has 4 aromatic carbocycles. The van der Waals surface area contributed by atoms with Gasteiger partial charge in [-0.3, -0.25) is 4.79 Å². The van der Waals surface area contributed by atoms with Gasteiger partial charge in [-0.05, 0) is 88.9 Å². The van der Waals surface area contributed by atoms with Crippen LogP contribution in [0.4, 0.5) is 17.6 Å². The Bertz CT molecular complexity index is 1570. The summed E-state index contributed by atoms with van der Waals surface area (Å²) in [4.78, 5) is 12.5. The van der Waals surface area contributed by atoms with E-state index in [1.54, 1.807) is 12.1 Å². The molecule has 4 aromatic rings. The first-order valence-corrected chi connectivity index (χ1v) is 13.5. The minimum absolute atomic E-state index is 0.109. The van der Waals surface area contributed by atoms with Gasteiger partial charge in [0, 0.05) is 0 Å². The van der Waals surface area contributed by atoms with Gasteiger partial charge < -0.3 is 4.74 Å². The van der Waals surface area contributed by atoms with Gasteiger partial charge in [-0.15, -0.1) is 0 Å². The van der Waals surface area contributed by atoms with Crippen LogP contribution < -0.4 is 4.74 Å². The maximum absolute atomic E-state index is 14.9. The average Bonchev–Trinajstić information content (AvgIpc) is 2.94. The van der Waals surface area contributed by atoms with E-state index >= 15 is 0 Å². The molecule has 1 saturated carbocycles. The molecule has 1 aliphatic carbocycles. The molecule has 0 aromatic heterocycles. The van der Waals surface area contributed by atoms with Gasteiger partial charge in [-0.1, -0.05) is 56.2 Å². The number of carbonyl (C=O) groups excluding carboxylic acids is 1. The molecule has 0 N–H and O–H groups in total. The number of nitriles is 1. The molecule has 0 heterocycles. The first-order chi connectivity index (χ1) is 19.7. The first-order valence-electron chi connectivity index (χ1n) is 13.5. The molecular formula is C34H27F4NO2. The van der Waals surface area contributed by atoms with Crippen molar-refractivity contribution in [3.63, 3.8) is 0 Å². The van der Waals surface area contributed by atoms with Gasteiger partial charge in [-0.2, -0.15) is 5.26 Å². The van der Waals surface area contributed by atoms with E-state index in [-0.39, 0.29) is 23.3 Å². The summed E-state index contributed by atoms with van der Waals surface area (Å²) >= 11 is 0. The van der Waals surface area contributed by atoms with Crippen molar-refractivity contribution in [2.75, 3.05) is 0 Å². The molecular weight excluding hydrogens is 530 g/mol. The number of rotatable bonds is 6. The predicted molar refractivity (Wildman–Crippen MR) is 148 cm³/mol. The van der Waals surface area contributed by atoms with Gasteiger partial charge in [0.15, 0.2) is 0 Å². The van der Waals surface area contributed by atoms with Crippen molar-refractivity contribution < 1.29 is 27.1 Å². The summed E-state index contributed by atoms with van der Waals surface area (Å²) in [6.07, 6.45) is 4.98. The second kappa shape index (κ2) is 12.0. The van der Waals surface area contributed by atoms with E-state index in [0.717, 1.165) is 35.7 Å². The lowest BCUT2D eigenvalue weighted by Crippen LogP contribution is -2.12. The van der Waals surface area contributed by atoms with Crippen LogP contribution in [-0.2, 0) is 11.2 Å². The topological polar surface area (TPSA) is 50.1 Å². The van der Waals surface area contributed by atoms with E-state index in [4.69, 9.17) is 10.00 Å². The van der Waals surface area contributed by atoms with Crippen LogP contribution >= 0.6 is 0 Å². The highest BCUT2D eigenvalue weighted by Gasteiger charge is 2.21. The lowest BCUT2D eigenvalue weighted by Gasteiger charge is -2.26. The van der Waals surface area contributed by atoms with E-state index < -0.39 is 40.4 Å². The van der Waals surface area contributed by atoms with Crippen molar-refractivity contribution in [2.45, 2.75) is 44.9 Å². The Labute approximate surface area is 236 Å². The summed E-state index contributed by atoms with van der Waals surface area (Å²) in [5, 5.41) is 8.82. The number of halogens is 4. The number of esters is 1. The zero-order valence-corrected chi connectivity index (χ0v) is 22.4. The number of nitrogens with zero attached hydrogens (tertiary/aromatic N) is 1. The van der Waals surface area contributed by atoms with Gasteiger partial charge in [0.25, 0.3) is 0 Å². The lowest BCUT2D eigenvalue weighted by atomic mass is 9.79. The van der Waals surface area contributed by atoms with Gasteiger partial charge in [0.1, 0.15) is 40.7 Å². The largest absolute Gasteiger partial charge is 0.426 e. The third-order valence-corrected chi connectivity index (χ3v) is 7.72. The predicted octanol–water partition coefficient (Wildman–Crippen LogP) is 8.89. The Morgan fingerprint density at radius 3 is 1.90 bits per heavy atom. The summed E-state index contributed by atoms with van der Waals surface area (Å²) in [5.74, 6) is -3.25. The molecule has 0 spiro atoms. The summed E-state index contributed by atoms with van der Waals surface area (Å²) in [6, 6.07) is 19.2. The van der Waals surface area contributed by atoms with Crippen molar-refractivity contribution >= 4 is 5.97 Å². The van der Waals surface area contributed by atoms with Gasteiger partial charge in [0.05, 0.1) is 12.0 Å². The Morgan fingerprint density at radius 2 is 1.34 bits per heavy atom. The molecule has 41 heavy (non-hydrogen) atoms. The zero-order valence-electron chi connectivity index (χ0n) is 22.4. The molecule has 5 rings (SSSR count). The fourth-order valence-corrected chi connectivity index (χ4v) is 5.39. The fraction of sp³-hybridized carbons (Fsp3) is 0.235. The third-order valence-electron chi connectivity index (χ3n) is 7.72. The summed E-state index contributed by atoms with van der Waals surface area (Å²) < 4.78 is 63.3. The Morgan fingerprint density at radius 1 is 0.780 bits per heavy atom. The normalized spacial score (nSPS) is 16.7. The molecule has 208 valence electrons. The molecule has 3 nitrogen and oxygen atoms in total. The van der Waals surface area contributed by atoms with Crippen molar-refractivity contribution in [1.29, 1.82) is 5.26 Å². The number of carbonyl (C=O) groups is 1. The second-order valence-corrected chi connectivity index (χ2v) is 10.6. The smallest absolute Gasteiger partial charge is 0.315 e. The van der Waals surface area contributed by atoms with E-state index in [1.807, 2.05) is 12.1 Å². The van der Waals surface area contributed by atoms with E-state index in [9.17, 15) is 22.4 Å². The standard InChI is InChI=1S/C34H27F4NO2/c1-20-2-6-22(7-3-20)23-8-4-21(5-9-23)14-33(40)41-27-12-10-24(11-13-27)25-15-31(37)34(32(38)16-25)26-17-29(35)28(19-39)30(36)18-26/h4-5,8-13,15-18,20,22H,2-3,6-7,14H2,1H3. The maximum Gasteiger partial charge on any atom is 0.315 e. The number of benzene rings is 4. The highest BCUT2D eigenvalue weighted by Crippen LogP contribution is 2.36. The fourth-order valence-electron chi connectivity index (χ4n) is 5.39. The number of ether oxygens (including phenoxy) is 1. The minimum atomic E-state index is -1.21. The van der Waals surface area contributed by atoms with Crippen molar-refractivity contribution in [2.24, 2.45) is 5.92 Å². The molecule has 0 amide bonds. The monoisotopic (exact) mass is 557 g/mol. The van der Waals surface area contributed by atoms with Crippen molar-refractivity contribution in [3.05, 3.63) is 113 Å². The SMILES string of the molecule is CC1CCC(c2ccc(CC(=O)Oc3ccc(-c4cc(F)c(-c5cc(F)c(C#N)c(F)c5)c(F)c4)cc3)cc2)CC1. The van der Waals surface area contributed by atoms with E-state index in [0.29, 0.717) is 11.5 Å². The molecule has 0 atom stereocenters. The molecule has 0 radical (unpaired) electrons. The molecule has 7 heteroatoms. The minimum Gasteiger partial charge on any atom is -0.426 e. The van der Waals surface area contributed by atoms with Crippen molar-refractivity contribution in [1.82, 2.24) is 0 Å². The molecule has 0 aliphatic heterocycles. The van der Waals surface area contributed by atoms with Crippen molar-refractivity contribution in [3.8, 4) is 34.1 Å². The lowest BCUT2D eigenvalue weighted by molar-refractivity contribution is -0.133. The summed E-state index contributed by atoms with van der Waals surface area (Å²) in [6.45, 7) is 2.30. The average molecular weight is 558 g/mol. The molecule has 1 aliphatic rings. The molecule has 1 fully saturated rings.